The summed E-state index contributed by atoms with van der Waals surface area (Å²) in [6.45, 7) is 17.0. The molecule has 0 spiro atoms. The molecule has 0 radical (unpaired) electrons. The fraction of sp³-hybridized carbons (Fsp3) is 0.944. The second-order valence-corrected chi connectivity index (χ2v) is 7.55. The Morgan fingerprint density at radius 1 is 1.13 bits per heavy atom. The van der Waals surface area contributed by atoms with E-state index in [1.807, 2.05) is 25.7 Å². The Morgan fingerprint density at radius 2 is 1.74 bits per heavy atom. The highest BCUT2D eigenvalue weighted by Crippen LogP contribution is 2.12. The van der Waals surface area contributed by atoms with E-state index in [1.54, 1.807) is 0 Å². The van der Waals surface area contributed by atoms with Gasteiger partial charge in [0, 0.05) is 26.2 Å². The summed E-state index contributed by atoms with van der Waals surface area (Å²) in [5.41, 5.74) is -0.408. The van der Waals surface area contributed by atoms with Gasteiger partial charge in [-0.25, -0.2) is 4.79 Å². The first-order valence-corrected chi connectivity index (χ1v) is 9.26. The topological polar surface area (TPSA) is 44.8 Å². The van der Waals surface area contributed by atoms with Crippen LogP contribution in [0.5, 0.6) is 0 Å². The summed E-state index contributed by atoms with van der Waals surface area (Å²) in [6.07, 6.45) is 3.52. The number of ether oxygens (including phenoxy) is 1. The summed E-state index contributed by atoms with van der Waals surface area (Å²) in [4.78, 5) is 16.3. The quantitative estimate of drug-likeness (QED) is 0.696. The van der Waals surface area contributed by atoms with Gasteiger partial charge in [-0.3, -0.25) is 4.90 Å². The SMILES string of the molecule is CCC(CC)CNCCCN1CCN(C(=O)OC(C)(C)C)CC1. The number of hydrogen-bond acceptors (Lipinski definition) is 4. The van der Waals surface area contributed by atoms with Crippen molar-refractivity contribution in [2.75, 3.05) is 45.8 Å². The highest BCUT2D eigenvalue weighted by atomic mass is 16.6. The van der Waals surface area contributed by atoms with Gasteiger partial charge in [0.05, 0.1) is 0 Å². The van der Waals surface area contributed by atoms with Crippen LogP contribution in [0.4, 0.5) is 4.79 Å². The molecule has 5 heteroatoms. The third-order valence-corrected chi connectivity index (χ3v) is 4.44. The molecule has 5 nitrogen and oxygen atoms in total. The normalized spacial score (nSPS) is 16.9. The minimum Gasteiger partial charge on any atom is -0.444 e. The lowest BCUT2D eigenvalue weighted by molar-refractivity contribution is 0.0144. The van der Waals surface area contributed by atoms with E-state index in [9.17, 15) is 4.79 Å². The third kappa shape index (κ3) is 8.56. The molecule has 1 saturated heterocycles. The molecule has 0 unspecified atom stereocenters. The zero-order chi connectivity index (χ0) is 17.3. The van der Waals surface area contributed by atoms with Crippen LogP contribution in [0.2, 0.25) is 0 Å². The summed E-state index contributed by atoms with van der Waals surface area (Å²) in [6, 6.07) is 0. The van der Waals surface area contributed by atoms with E-state index in [4.69, 9.17) is 4.74 Å². The van der Waals surface area contributed by atoms with E-state index < -0.39 is 5.60 Å². The summed E-state index contributed by atoms with van der Waals surface area (Å²) in [5.74, 6) is 0.812. The molecule has 1 aliphatic rings. The Labute approximate surface area is 142 Å². The smallest absolute Gasteiger partial charge is 0.410 e. The van der Waals surface area contributed by atoms with Crippen LogP contribution in [-0.2, 0) is 4.74 Å². The molecule has 1 fully saturated rings. The van der Waals surface area contributed by atoms with Crippen LogP contribution in [0, 0.1) is 5.92 Å². The highest BCUT2D eigenvalue weighted by Gasteiger charge is 2.25. The maximum absolute atomic E-state index is 12.0. The zero-order valence-corrected chi connectivity index (χ0v) is 15.9. The number of hydrogen-bond donors (Lipinski definition) is 1. The first-order chi connectivity index (χ1) is 10.9. The molecular formula is C18H37N3O2. The Bertz CT molecular complexity index is 330. The van der Waals surface area contributed by atoms with Crippen molar-refractivity contribution in [2.45, 2.75) is 59.5 Å². The molecule has 0 bridgehead atoms. The first kappa shape index (κ1) is 20.2. The van der Waals surface area contributed by atoms with Gasteiger partial charge in [0.25, 0.3) is 0 Å². The van der Waals surface area contributed by atoms with Gasteiger partial charge in [-0.1, -0.05) is 26.7 Å². The number of nitrogens with zero attached hydrogens (tertiary/aromatic N) is 2. The van der Waals surface area contributed by atoms with Crippen molar-refractivity contribution in [1.82, 2.24) is 15.1 Å². The molecule has 0 aliphatic carbocycles. The van der Waals surface area contributed by atoms with Crippen molar-refractivity contribution in [3.05, 3.63) is 0 Å². The van der Waals surface area contributed by atoms with Crippen molar-refractivity contribution < 1.29 is 9.53 Å². The van der Waals surface area contributed by atoms with Crippen molar-refractivity contribution >= 4 is 6.09 Å². The van der Waals surface area contributed by atoms with E-state index in [2.05, 4.69) is 24.1 Å². The van der Waals surface area contributed by atoms with Gasteiger partial charge in [0.1, 0.15) is 5.60 Å². The van der Waals surface area contributed by atoms with Crippen molar-refractivity contribution in [3.8, 4) is 0 Å². The van der Waals surface area contributed by atoms with Gasteiger partial charge >= 0.3 is 6.09 Å². The average molecular weight is 328 g/mol. The number of piperazine rings is 1. The van der Waals surface area contributed by atoms with E-state index in [0.29, 0.717) is 0 Å². The van der Waals surface area contributed by atoms with Gasteiger partial charge in [-0.15, -0.1) is 0 Å². The lowest BCUT2D eigenvalue weighted by Crippen LogP contribution is -2.50. The number of nitrogens with one attached hydrogen (secondary N) is 1. The monoisotopic (exact) mass is 327 g/mol. The molecule has 0 saturated carbocycles. The molecule has 0 aromatic carbocycles. The van der Waals surface area contributed by atoms with Crippen LogP contribution in [-0.4, -0.2) is 67.3 Å². The average Bonchev–Trinajstić information content (AvgIpc) is 2.50. The summed E-state index contributed by atoms with van der Waals surface area (Å²) in [7, 11) is 0. The van der Waals surface area contributed by atoms with Crippen molar-refractivity contribution in [1.29, 1.82) is 0 Å². The van der Waals surface area contributed by atoms with Crippen molar-refractivity contribution in [3.63, 3.8) is 0 Å². The number of amides is 1. The summed E-state index contributed by atoms with van der Waals surface area (Å²) in [5, 5.41) is 3.57. The number of carbonyl (C=O) groups excluding carboxylic acids is 1. The Hall–Kier alpha value is -0.810. The van der Waals surface area contributed by atoms with Gasteiger partial charge in [-0.2, -0.15) is 0 Å². The molecule has 1 heterocycles. The summed E-state index contributed by atoms with van der Waals surface area (Å²) < 4.78 is 5.43. The standard InChI is InChI=1S/C18H37N3O2/c1-6-16(7-2)15-19-9-8-10-20-11-13-21(14-12-20)17(22)23-18(3,4)5/h16,19H,6-15H2,1-5H3. The lowest BCUT2D eigenvalue weighted by atomic mass is 10.0. The van der Waals surface area contributed by atoms with Gasteiger partial charge in [-0.05, 0) is 52.7 Å². The Kier molecular flexibility index (Phi) is 8.92. The molecule has 1 rings (SSSR count). The first-order valence-electron chi connectivity index (χ1n) is 9.26. The third-order valence-electron chi connectivity index (χ3n) is 4.44. The predicted octanol–water partition coefficient (Wildman–Crippen LogP) is 2.96. The van der Waals surface area contributed by atoms with E-state index >= 15 is 0 Å². The van der Waals surface area contributed by atoms with Crippen LogP contribution in [0.15, 0.2) is 0 Å². The molecule has 0 aromatic rings. The van der Waals surface area contributed by atoms with Gasteiger partial charge in [0.2, 0.25) is 0 Å². The molecule has 136 valence electrons. The van der Waals surface area contributed by atoms with E-state index in [0.717, 1.165) is 51.7 Å². The Balaban J connectivity index is 2.11. The maximum Gasteiger partial charge on any atom is 0.410 e. The fourth-order valence-corrected chi connectivity index (χ4v) is 2.79. The van der Waals surface area contributed by atoms with Gasteiger partial charge in [0.15, 0.2) is 0 Å². The van der Waals surface area contributed by atoms with Crippen LogP contribution < -0.4 is 5.32 Å². The number of carbonyl (C=O) groups is 1. The second-order valence-electron chi connectivity index (χ2n) is 7.55. The lowest BCUT2D eigenvalue weighted by Gasteiger charge is -2.35. The van der Waals surface area contributed by atoms with Gasteiger partial charge < -0.3 is 15.0 Å². The highest BCUT2D eigenvalue weighted by molar-refractivity contribution is 5.68. The molecule has 1 aliphatic heterocycles. The van der Waals surface area contributed by atoms with E-state index in [-0.39, 0.29) is 6.09 Å². The van der Waals surface area contributed by atoms with E-state index in [1.165, 1.54) is 19.3 Å². The number of rotatable bonds is 8. The van der Waals surface area contributed by atoms with Crippen LogP contribution in [0.1, 0.15) is 53.9 Å². The summed E-state index contributed by atoms with van der Waals surface area (Å²) >= 11 is 0. The van der Waals surface area contributed by atoms with Crippen molar-refractivity contribution in [2.24, 2.45) is 5.92 Å². The molecule has 1 N–H and O–H groups in total. The fourth-order valence-electron chi connectivity index (χ4n) is 2.79. The minimum atomic E-state index is -0.408. The molecule has 23 heavy (non-hydrogen) atoms. The largest absolute Gasteiger partial charge is 0.444 e. The second kappa shape index (κ2) is 10.1. The molecule has 0 aromatic heterocycles. The molecule has 1 amide bonds. The van der Waals surface area contributed by atoms with Crippen LogP contribution in [0.3, 0.4) is 0 Å². The zero-order valence-electron chi connectivity index (χ0n) is 15.9. The molecular weight excluding hydrogens is 290 g/mol. The molecule has 0 atom stereocenters. The predicted molar refractivity (Wildman–Crippen MR) is 95.8 cm³/mol. The Morgan fingerprint density at radius 3 is 2.26 bits per heavy atom. The maximum atomic E-state index is 12.0. The van der Waals surface area contributed by atoms with Crippen LogP contribution in [0.25, 0.3) is 0 Å². The minimum absolute atomic E-state index is 0.177. The van der Waals surface area contributed by atoms with Crippen LogP contribution >= 0.6 is 0 Å².